The van der Waals surface area contributed by atoms with Gasteiger partial charge in [-0.25, -0.2) is 0 Å². The minimum atomic E-state index is -1.06. The van der Waals surface area contributed by atoms with Gasteiger partial charge in [0.05, 0.1) is 7.11 Å². The third-order valence-electron chi connectivity index (χ3n) is 3.21. The summed E-state index contributed by atoms with van der Waals surface area (Å²) in [6.45, 7) is 6.59. The Morgan fingerprint density at radius 2 is 2.04 bits per heavy atom. The number of hydrogen-bond acceptors (Lipinski definition) is 4. The van der Waals surface area contributed by atoms with E-state index in [1.165, 1.54) is 12.0 Å². The number of carboxylic acid groups (broad SMARTS) is 1. The number of amides is 1. The van der Waals surface area contributed by atoms with Crippen LogP contribution in [0.5, 0.6) is 11.5 Å². The summed E-state index contributed by atoms with van der Waals surface area (Å²) in [5.41, 5.74) is 1.02. The highest BCUT2D eigenvalue weighted by Gasteiger charge is 2.20. The number of nitrogens with zero attached hydrogens (tertiary/aromatic N) is 1. The number of allylic oxidation sites excluding steroid dienone is 1. The van der Waals surface area contributed by atoms with Crippen LogP contribution in [0.25, 0.3) is 0 Å². The molecule has 6 heteroatoms. The predicted molar refractivity (Wildman–Crippen MR) is 86.9 cm³/mol. The van der Waals surface area contributed by atoms with Gasteiger partial charge in [-0.3, -0.25) is 9.59 Å². The molecule has 0 heterocycles. The maximum Gasteiger partial charge on any atom is 0.323 e. The van der Waals surface area contributed by atoms with Gasteiger partial charge in [0, 0.05) is 6.04 Å². The molecular formula is C17H23NO5. The van der Waals surface area contributed by atoms with Crippen LogP contribution in [0.2, 0.25) is 0 Å². The molecule has 126 valence electrons. The first kappa shape index (κ1) is 18.5. The molecule has 0 saturated carbocycles. The van der Waals surface area contributed by atoms with Crippen LogP contribution >= 0.6 is 0 Å². The van der Waals surface area contributed by atoms with Crippen molar-refractivity contribution in [2.24, 2.45) is 0 Å². The van der Waals surface area contributed by atoms with Crippen LogP contribution < -0.4 is 9.47 Å². The third kappa shape index (κ3) is 5.65. The van der Waals surface area contributed by atoms with Crippen molar-refractivity contribution >= 4 is 11.9 Å². The summed E-state index contributed by atoms with van der Waals surface area (Å²) in [5.74, 6) is -0.489. The average molecular weight is 321 g/mol. The number of aliphatic carboxylic acids is 1. The Balaban J connectivity index is 2.77. The number of carbonyl (C=O) groups excluding carboxylic acids is 1. The van der Waals surface area contributed by atoms with Crippen molar-refractivity contribution in [1.29, 1.82) is 0 Å². The molecule has 0 fully saturated rings. The summed E-state index contributed by atoms with van der Waals surface area (Å²) < 4.78 is 10.8. The number of carbonyl (C=O) groups is 2. The van der Waals surface area contributed by atoms with Crippen LogP contribution in [0.4, 0.5) is 0 Å². The Labute approximate surface area is 136 Å². The Kier molecular flexibility index (Phi) is 7.12. The maximum atomic E-state index is 12.1. The maximum absolute atomic E-state index is 12.1. The van der Waals surface area contributed by atoms with Crippen molar-refractivity contribution in [3.63, 3.8) is 0 Å². The van der Waals surface area contributed by atoms with Gasteiger partial charge in [-0.2, -0.15) is 0 Å². The van der Waals surface area contributed by atoms with Crippen LogP contribution in [0.3, 0.4) is 0 Å². The van der Waals surface area contributed by atoms with E-state index in [0.29, 0.717) is 17.9 Å². The summed E-state index contributed by atoms with van der Waals surface area (Å²) in [5, 5.41) is 8.87. The molecule has 1 aromatic carbocycles. The third-order valence-corrected chi connectivity index (χ3v) is 3.21. The molecule has 0 unspecified atom stereocenters. The van der Waals surface area contributed by atoms with Crippen molar-refractivity contribution in [2.45, 2.75) is 26.3 Å². The van der Waals surface area contributed by atoms with Crippen LogP contribution in [-0.2, 0) is 16.0 Å². The van der Waals surface area contributed by atoms with Gasteiger partial charge in [0.2, 0.25) is 0 Å². The lowest BCUT2D eigenvalue weighted by Crippen LogP contribution is -2.43. The van der Waals surface area contributed by atoms with Crippen molar-refractivity contribution in [2.75, 3.05) is 20.3 Å². The van der Waals surface area contributed by atoms with Crippen LogP contribution in [0, 0.1) is 0 Å². The largest absolute Gasteiger partial charge is 0.493 e. The molecular weight excluding hydrogens is 298 g/mol. The first-order valence-corrected chi connectivity index (χ1v) is 7.30. The molecule has 0 saturated heterocycles. The second kappa shape index (κ2) is 8.82. The molecule has 23 heavy (non-hydrogen) atoms. The zero-order valence-corrected chi connectivity index (χ0v) is 13.7. The summed E-state index contributed by atoms with van der Waals surface area (Å²) in [4.78, 5) is 24.2. The second-order valence-corrected chi connectivity index (χ2v) is 5.28. The Morgan fingerprint density at radius 3 is 2.57 bits per heavy atom. The minimum absolute atomic E-state index is 0.223. The number of hydrogen-bond donors (Lipinski definition) is 1. The van der Waals surface area contributed by atoms with Gasteiger partial charge in [-0.15, -0.1) is 6.58 Å². The van der Waals surface area contributed by atoms with Gasteiger partial charge in [-0.05, 0) is 38.0 Å². The number of benzene rings is 1. The fourth-order valence-corrected chi connectivity index (χ4v) is 2.05. The molecule has 0 radical (unpaired) electrons. The fraction of sp³-hybridized carbons (Fsp3) is 0.412. The molecule has 1 rings (SSSR count). The number of rotatable bonds is 9. The van der Waals surface area contributed by atoms with Crippen LogP contribution in [0.1, 0.15) is 19.4 Å². The van der Waals surface area contributed by atoms with Gasteiger partial charge in [0.15, 0.2) is 18.1 Å². The van der Waals surface area contributed by atoms with Gasteiger partial charge in [0.1, 0.15) is 6.54 Å². The molecule has 1 aromatic rings. The van der Waals surface area contributed by atoms with Gasteiger partial charge < -0.3 is 19.5 Å². The first-order chi connectivity index (χ1) is 10.9. The fourth-order valence-electron chi connectivity index (χ4n) is 2.05. The Hall–Kier alpha value is -2.50. The zero-order valence-electron chi connectivity index (χ0n) is 13.7. The Morgan fingerprint density at radius 1 is 1.35 bits per heavy atom. The lowest BCUT2D eigenvalue weighted by atomic mass is 10.1. The van der Waals surface area contributed by atoms with Gasteiger partial charge >= 0.3 is 5.97 Å². The Bertz CT molecular complexity index is 568. The van der Waals surface area contributed by atoms with Crippen molar-refractivity contribution in [3.05, 3.63) is 36.4 Å². The van der Waals surface area contributed by atoms with Crippen molar-refractivity contribution in [3.8, 4) is 11.5 Å². The number of carboxylic acids is 1. The molecule has 0 aromatic heterocycles. The summed E-state index contributed by atoms with van der Waals surface area (Å²) >= 11 is 0. The van der Waals surface area contributed by atoms with E-state index in [9.17, 15) is 9.59 Å². The molecule has 0 bridgehead atoms. The molecule has 1 amide bonds. The minimum Gasteiger partial charge on any atom is -0.493 e. The zero-order chi connectivity index (χ0) is 17.4. The summed E-state index contributed by atoms with van der Waals surface area (Å²) in [6.07, 6.45) is 2.49. The van der Waals surface area contributed by atoms with Gasteiger partial charge in [0.25, 0.3) is 5.91 Å². The summed E-state index contributed by atoms with van der Waals surface area (Å²) in [6, 6.07) is 5.18. The molecule has 0 spiro atoms. The quantitative estimate of drug-likeness (QED) is 0.705. The van der Waals surface area contributed by atoms with Gasteiger partial charge in [-0.1, -0.05) is 12.1 Å². The van der Waals surface area contributed by atoms with E-state index in [2.05, 4.69) is 6.58 Å². The lowest BCUT2D eigenvalue weighted by molar-refractivity contribution is -0.146. The van der Waals surface area contributed by atoms with E-state index in [0.717, 1.165) is 5.56 Å². The first-order valence-electron chi connectivity index (χ1n) is 7.30. The van der Waals surface area contributed by atoms with E-state index in [1.807, 2.05) is 12.1 Å². The topological polar surface area (TPSA) is 76.1 Å². The molecule has 0 aliphatic heterocycles. The normalized spacial score (nSPS) is 10.3. The van der Waals surface area contributed by atoms with E-state index in [-0.39, 0.29) is 25.1 Å². The highest BCUT2D eigenvalue weighted by Crippen LogP contribution is 2.28. The SMILES string of the molecule is C=CCc1ccc(OCC(=O)N(CC(=O)O)C(C)C)c(OC)c1. The van der Waals surface area contributed by atoms with Crippen LogP contribution in [-0.4, -0.2) is 48.2 Å². The standard InChI is InChI=1S/C17H23NO5/c1-5-6-13-7-8-14(15(9-13)22-4)23-11-16(19)18(12(2)3)10-17(20)21/h5,7-9,12H,1,6,10-11H2,2-4H3,(H,20,21). The summed E-state index contributed by atoms with van der Waals surface area (Å²) in [7, 11) is 1.52. The van der Waals surface area contributed by atoms with E-state index in [1.54, 1.807) is 26.0 Å². The van der Waals surface area contributed by atoms with E-state index < -0.39 is 5.97 Å². The lowest BCUT2D eigenvalue weighted by Gasteiger charge is -2.25. The van der Waals surface area contributed by atoms with E-state index >= 15 is 0 Å². The van der Waals surface area contributed by atoms with Crippen molar-refractivity contribution < 1.29 is 24.2 Å². The molecule has 6 nitrogen and oxygen atoms in total. The van der Waals surface area contributed by atoms with Crippen molar-refractivity contribution in [1.82, 2.24) is 4.90 Å². The number of ether oxygens (including phenoxy) is 2. The molecule has 0 aliphatic carbocycles. The second-order valence-electron chi connectivity index (χ2n) is 5.28. The highest BCUT2D eigenvalue weighted by molar-refractivity contribution is 5.82. The molecule has 0 atom stereocenters. The molecule has 1 N–H and O–H groups in total. The highest BCUT2D eigenvalue weighted by atomic mass is 16.5. The van der Waals surface area contributed by atoms with E-state index in [4.69, 9.17) is 14.6 Å². The average Bonchev–Trinajstić information content (AvgIpc) is 2.50. The number of methoxy groups -OCH3 is 1. The predicted octanol–water partition coefficient (Wildman–Crippen LogP) is 2.12. The smallest absolute Gasteiger partial charge is 0.323 e. The molecule has 0 aliphatic rings. The monoisotopic (exact) mass is 321 g/mol. The van der Waals surface area contributed by atoms with Crippen LogP contribution in [0.15, 0.2) is 30.9 Å².